The van der Waals surface area contributed by atoms with Crippen LogP contribution in [-0.2, 0) is 0 Å². The molecule has 0 saturated carbocycles. The molecule has 0 atom stereocenters. The van der Waals surface area contributed by atoms with Crippen LogP contribution < -0.4 is 5.73 Å². The summed E-state index contributed by atoms with van der Waals surface area (Å²) in [6, 6.07) is 7.93. The first-order chi connectivity index (χ1) is 8.11. The van der Waals surface area contributed by atoms with Crippen LogP contribution in [0, 0.1) is 10.1 Å². The Morgan fingerprint density at radius 3 is 2.41 bits per heavy atom. The van der Waals surface area contributed by atoms with Crippen LogP contribution in [0.1, 0.15) is 10.4 Å². The molecule has 0 fully saturated rings. The van der Waals surface area contributed by atoms with Gasteiger partial charge in [-0.15, -0.1) is 0 Å². The molecule has 6 nitrogen and oxygen atoms in total. The Hall–Kier alpha value is -2.63. The maximum Gasteiger partial charge on any atom is 0.305 e. The fourth-order valence-corrected chi connectivity index (χ4v) is 1.63. The first-order valence-corrected chi connectivity index (χ1v) is 4.82. The number of benzene rings is 1. The van der Waals surface area contributed by atoms with Gasteiger partial charge in [0.05, 0.1) is 4.92 Å². The van der Waals surface area contributed by atoms with Crippen LogP contribution >= 0.6 is 0 Å². The molecule has 0 radical (unpaired) electrons. The van der Waals surface area contributed by atoms with Gasteiger partial charge in [0.2, 0.25) is 0 Å². The van der Waals surface area contributed by atoms with Gasteiger partial charge in [-0.1, -0.05) is 6.07 Å². The van der Waals surface area contributed by atoms with E-state index in [1.165, 1.54) is 6.07 Å². The van der Waals surface area contributed by atoms with E-state index in [1.807, 2.05) is 0 Å². The molecule has 0 spiro atoms. The van der Waals surface area contributed by atoms with Crippen LogP contribution in [0.15, 0.2) is 42.7 Å². The maximum atomic E-state index is 11.2. The summed E-state index contributed by atoms with van der Waals surface area (Å²) in [5.74, 6) is -0.814. The number of carbonyl (C=O) groups is 1. The SMILES string of the molecule is NC(=O)c1cccc(-n2cccc2)c1[N+](=O)[O-]. The zero-order valence-electron chi connectivity index (χ0n) is 8.74. The zero-order valence-corrected chi connectivity index (χ0v) is 8.74. The average molecular weight is 231 g/mol. The summed E-state index contributed by atoms with van der Waals surface area (Å²) in [6.45, 7) is 0. The third kappa shape index (κ3) is 1.87. The Bertz CT molecular complexity index is 576. The van der Waals surface area contributed by atoms with Crippen molar-refractivity contribution in [3.63, 3.8) is 0 Å². The van der Waals surface area contributed by atoms with Gasteiger partial charge in [-0.05, 0) is 24.3 Å². The molecule has 6 heteroatoms. The van der Waals surface area contributed by atoms with Gasteiger partial charge in [-0.3, -0.25) is 14.9 Å². The van der Waals surface area contributed by atoms with Crippen molar-refractivity contribution in [1.29, 1.82) is 0 Å². The largest absolute Gasteiger partial charge is 0.365 e. The van der Waals surface area contributed by atoms with E-state index < -0.39 is 10.8 Å². The lowest BCUT2D eigenvalue weighted by molar-refractivity contribution is -0.384. The van der Waals surface area contributed by atoms with Gasteiger partial charge >= 0.3 is 5.69 Å². The van der Waals surface area contributed by atoms with Crippen LogP contribution in [0.3, 0.4) is 0 Å². The van der Waals surface area contributed by atoms with Crippen LogP contribution in [0.25, 0.3) is 5.69 Å². The number of nitro benzene ring substituents is 1. The fraction of sp³-hybridized carbons (Fsp3) is 0. The van der Waals surface area contributed by atoms with Crippen molar-refractivity contribution in [2.75, 3.05) is 0 Å². The number of para-hydroxylation sites is 1. The highest BCUT2D eigenvalue weighted by molar-refractivity contribution is 5.98. The Morgan fingerprint density at radius 2 is 1.88 bits per heavy atom. The van der Waals surface area contributed by atoms with Crippen molar-refractivity contribution in [2.45, 2.75) is 0 Å². The van der Waals surface area contributed by atoms with E-state index in [9.17, 15) is 14.9 Å². The van der Waals surface area contributed by atoms with E-state index in [4.69, 9.17) is 5.73 Å². The molecule has 0 bridgehead atoms. The molecule has 2 aromatic rings. The highest BCUT2D eigenvalue weighted by Gasteiger charge is 2.23. The molecule has 0 saturated heterocycles. The molecule has 2 rings (SSSR count). The van der Waals surface area contributed by atoms with E-state index in [2.05, 4.69) is 0 Å². The Balaban J connectivity index is 2.72. The van der Waals surface area contributed by atoms with Gasteiger partial charge < -0.3 is 10.3 Å². The summed E-state index contributed by atoms with van der Waals surface area (Å²) >= 11 is 0. The molecule has 17 heavy (non-hydrogen) atoms. The molecule has 0 aliphatic carbocycles. The first-order valence-electron chi connectivity index (χ1n) is 4.82. The summed E-state index contributed by atoms with van der Waals surface area (Å²) in [6.07, 6.45) is 3.32. The Labute approximate surface area is 96.4 Å². The second-order valence-electron chi connectivity index (χ2n) is 3.38. The molecular formula is C11H9N3O3. The molecule has 1 aromatic heterocycles. The zero-order chi connectivity index (χ0) is 12.4. The van der Waals surface area contributed by atoms with Gasteiger partial charge in [0.15, 0.2) is 0 Å². The monoisotopic (exact) mass is 231 g/mol. The molecular weight excluding hydrogens is 222 g/mol. The smallest absolute Gasteiger partial charge is 0.305 e. The number of nitro groups is 1. The molecule has 0 aliphatic rings. The lowest BCUT2D eigenvalue weighted by atomic mass is 10.1. The second kappa shape index (κ2) is 4.09. The van der Waals surface area contributed by atoms with Crippen molar-refractivity contribution < 1.29 is 9.72 Å². The number of nitrogens with two attached hydrogens (primary N) is 1. The molecule has 1 heterocycles. The molecule has 86 valence electrons. The number of carbonyl (C=O) groups excluding carboxylic acids is 1. The number of hydrogen-bond donors (Lipinski definition) is 1. The summed E-state index contributed by atoms with van der Waals surface area (Å²) in [5, 5.41) is 11.0. The number of hydrogen-bond acceptors (Lipinski definition) is 3. The van der Waals surface area contributed by atoms with Gasteiger partial charge in [0, 0.05) is 12.4 Å². The number of primary amides is 1. The Morgan fingerprint density at radius 1 is 1.24 bits per heavy atom. The van der Waals surface area contributed by atoms with E-state index in [0.29, 0.717) is 5.69 Å². The molecule has 0 unspecified atom stereocenters. The minimum atomic E-state index is -0.814. The van der Waals surface area contributed by atoms with Crippen molar-refractivity contribution in [2.24, 2.45) is 5.73 Å². The van der Waals surface area contributed by atoms with E-state index in [0.717, 1.165) is 0 Å². The van der Waals surface area contributed by atoms with Crippen molar-refractivity contribution in [1.82, 2.24) is 4.57 Å². The van der Waals surface area contributed by atoms with Crippen LogP contribution in [0.2, 0.25) is 0 Å². The Kier molecular flexibility index (Phi) is 2.61. The minimum Gasteiger partial charge on any atom is -0.365 e. The van der Waals surface area contributed by atoms with Gasteiger partial charge in [-0.25, -0.2) is 0 Å². The number of aromatic nitrogens is 1. The fourth-order valence-electron chi connectivity index (χ4n) is 1.63. The number of nitrogens with zero attached hydrogens (tertiary/aromatic N) is 2. The maximum absolute atomic E-state index is 11.2. The van der Waals surface area contributed by atoms with Crippen LogP contribution in [-0.4, -0.2) is 15.4 Å². The highest BCUT2D eigenvalue weighted by atomic mass is 16.6. The minimum absolute atomic E-state index is 0.0961. The molecule has 1 amide bonds. The lowest BCUT2D eigenvalue weighted by Gasteiger charge is -2.06. The summed E-state index contributed by atoms with van der Waals surface area (Å²) in [7, 11) is 0. The van der Waals surface area contributed by atoms with E-state index in [1.54, 1.807) is 41.2 Å². The van der Waals surface area contributed by atoms with Crippen LogP contribution in [0.5, 0.6) is 0 Å². The third-order valence-electron chi connectivity index (χ3n) is 2.35. The van der Waals surface area contributed by atoms with Gasteiger partial charge in [0.1, 0.15) is 11.3 Å². The predicted octanol–water partition coefficient (Wildman–Crippen LogP) is 1.48. The normalized spacial score (nSPS) is 10.1. The summed E-state index contributed by atoms with van der Waals surface area (Å²) in [5.41, 5.74) is 5.06. The van der Waals surface area contributed by atoms with E-state index >= 15 is 0 Å². The van der Waals surface area contributed by atoms with Crippen molar-refractivity contribution >= 4 is 11.6 Å². The van der Waals surface area contributed by atoms with E-state index in [-0.39, 0.29) is 11.3 Å². The molecule has 0 aliphatic heterocycles. The topological polar surface area (TPSA) is 91.2 Å². The van der Waals surface area contributed by atoms with Crippen molar-refractivity contribution in [3.05, 3.63) is 58.4 Å². The van der Waals surface area contributed by atoms with Crippen LogP contribution in [0.4, 0.5) is 5.69 Å². The second-order valence-corrected chi connectivity index (χ2v) is 3.38. The first kappa shape index (κ1) is 10.9. The van der Waals surface area contributed by atoms with Gasteiger partial charge in [0.25, 0.3) is 5.91 Å². The molecule has 1 aromatic carbocycles. The quantitative estimate of drug-likeness (QED) is 0.640. The summed E-state index contributed by atoms with van der Waals surface area (Å²) in [4.78, 5) is 21.6. The molecule has 2 N–H and O–H groups in total. The number of amides is 1. The lowest BCUT2D eigenvalue weighted by Crippen LogP contribution is -2.14. The highest BCUT2D eigenvalue weighted by Crippen LogP contribution is 2.26. The predicted molar refractivity (Wildman–Crippen MR) is 60.9 cm³/mol. The van der Waals surface area contributed by atoms with Gasteiger partial charge in [-0.2, -0.15) is 0 Å². The summed E-state index contributed by atoms with van der Waals surface area (Å²) < 4.78 is 1.56. The third-order valence-corrected chi connectivity index (χ3v) is 2.35. The standard InChI is InChI=1S/C11H9N3O3/c12-11(15)8-4-3-5-9(10(8)14(16)17)13-6-1-2-7-13/h1-7H,(H2,12,15). The average Bonchev–Trinajstić information content (AvgIpc) is 2.81. The van der Waals surface area contributed by atoms with Crippen molar-refractivity contribution in [3.8, 4) is 5.69 Å². The number of rotatable bonds is 3.